The van der Waals surface area contributed by atoms with E-state index in [9.17, 15) is 19.7 Å². The summed E-state index contributed by atoms with van der Waals surface area (Å²) in [5.74, 6) is -0.656. The van der Waals surface area contributed by atoms with E-state index in [1.54, 1.807) is 31.5 Å². The molecule has 2 aromatic carbocycles. The summed E-state index contributed by atoms with van der Waals surface area (Å²) in [5, 5.41) is 15.9. The van der Waals surface area contributed by atoms with Crippen LogP contribution in [0.5, 0.6) is 5.75 Å². The van der Waals surface area contributed by atoms with Gasteiger partial charge in [-0.1, -0.05) is 0 Å². The topological polar surface area (TPSA) is 121 Å². The Morgan fingerprint density at radius 2 is 1.87 bits per heavy atom. The number of methoxy groups -OCH3 is 1. The lowest BCUT2D eigenvalue weighted by Gasteiger charge is -2.06. The Balaban J connectivity index is 1.82. The first-order chi connectivity index (χ1) is 14.4. The van der Waals surface area contributed by atoms with Crippen LogP contribution in [-0.2, 0) is 4.74 Å². The molecule has 1 aromatic heterocycles. The molecule has 30 heavy (non-hydrogen) atoms. The number of ether oxygens (including phenoxy) is 2. The summed E-state index contributed by atoms with van der Waals surface area (Å²) in [6, 6.07) is 10.7. The first kappa shape index (κ1) is 20.9. The summed E-state index contributed by atoms with van der Waals surface area (Å²) in [6.07, 6.45) is 0. The monoisotopic (exact) mass is 427 g/mol. The van der Waals surface area contributed by atoms with Crippen LogP contribution in [0.3, 0.4) is 0 Å². The zero-order valence-corrected chi connectivity index (χ0v) is 16.9. The zero-order chi connectivity index (χ0) is 21.7. The molecule has 1 N–H and O–H groups in total. The largest absolute Gasteiger partial charge is 0.497 e. The molecular weight excluding hydrogens is 410 g/mol. The number of hydrogen-bond acceptors (Lipinski definition) is 8. The normalized spacial score (nSPS) is 10.3. The highest BCUT2D eigenvalue weighted by Gasteiger charge is 2.19. The molecule has 0 spiro atoms. The van der Waals surface area contributed by atoms with Crippen molar-refractivity contribution in [3.63, 3.8) is 0 Å². The number of thiazole rings is 1. The standard InChI is InChI=1S/C20H17N3O6S/c1-3-29-19(25)14-8-13(9-15(10-14)23(26)27)18(24)22-20-21-17(11-30-20)12-4-6-16(28-2)7-5-12/h4-11H,3H2,1-2H3,(H,21,22,24). The number of carbonyl (C=O) groups excluding carboxylic acids is 2. The molecule has 0 radical (unpaired) electrons. The summed E-state index contributed by atoms with van der Waals surface area (Å²) in [5.41, 5.74) is 0.989. The number of nitrogens with one attached hydrogen (secondary N) is 1. The number of hydrogen-bond donors (Lipinski definition) is 1. The maximum atomic E-state index is 12.6. The molecule has 10 heteroatoms. The maximum absolute atomic E-state index is 12.6. The fraction of sp³-hybridized carbons (Fsp3) is 0.150. The Bertz CT molecular complexity index is 1090. The number of non-ortho nitro benzene ring substituents is 1. The van der Waals surface area contributed by atoms with Crippen LogP contribution in [-0.4, -0.2) is 35.5 Å². The molecule has 9 nitrogen and oxygen atoms in total. The van der Waals surface area contributed by atoms with Crippen LogP contribution in [0.1, 0.15) is 27.6 Å². The van der Waals surface area contributed by atoms with Crippen LogP contribution in [0.15, 0.2) is 47.8 Å². The maximum Gasteiger partial charge on any atom is 0.338 e. The highest BCUT2D eigenvalue weighted by atomic mass is 32.1. The molecule has 0 unspecified atom stereocenters. The van der Waals surface area contributed by atoms with Crippen LogP contribution in [0.2, 0.25) is 0 Å². The fourth-order valence-corrected chi connectivity index (χ4v) is 3.29. The van der Waals surface area contributed by atoms with Gasteiger partial charge in [0, 0.05) is 28.6 Å². The number of rotatable bonds is 7. The van der Waals surface area contributed by atoms with Crippen molar-refractivity contribution >= 4 is 34.0 Å². The van der Waals surface area contributed by atoms with Crippen LogP contribution in [0.4, 0.5) is 10.8 Å². The van der Waals surface area contributed by atoms with Gasteiger partial charge in [-0.2, -0.15) is 0 Å². The van der Waals surface area contributed by atoms with E-state index in [1.165, 1.54) is 17.4 Å². The molecule has 154 valence electrons. The Morgan fingerprint density at radius 1 is 1.17 bits per heavy atom. The summed E-state index contributed by atoms with van der Waals surface area (Å²) >= 11 is 1.21. The number of benzene rings is 2. The Kier molecular flexibility index (Phi) is 6.38. The van der Waals surface area contributed by atoms with Crippen molar-refractivity contribution < 1.29 is 24.0 Å². The quantitative estimate of drug-likeness (QED) is 0.341. The molecule has 0 saturated carbocycles. The predicted molar refractivity (Wildman–Crippen MR) is 111 cm³/mol. The summed E-state index contributed by atoms with van der Waals surface area (Å²) in [4.78, 5) is 39.4. The van der Waals surface area contributed by atoms with Crippen molar-refractivity contribution in [2.45, 2.75) is 6.92 Å². The molecular formula is C20H17N3O6S. The summed E-state index contributed by atoms with van der Waals surface area (Å²) < 4.78 is 10.00. The molecule has 0 bridgehead atoms. The lowest BCUT2D eigenvalue weighted by molar-refractivity contribution is -0.384. The van der Waals surface area contributed by atoms with Gasteiger partial charge in [0.2, 0.25) is 0 Å². The summed E-state index contributed by atoms with van der Waals surface area (Å²) in [6.45, 7) is 1.72. The third-order valence-corrected chi connectivity index (χ3v) is 4.77. The molecule has 0 aliphatic rings. The van der Waals surface area contributed by atoms with Crippen molar-refractivity contribution in [3.05, 3.63) is 69.1 Å². The molecule has 1 amide bonds. The minimum Gasteiger partial charge on any atom is -0.497 e. The van der Waals surface area contributed by atoms with Gasteiger partial charge in [-0.05, 0) is 37.3 Å². The highest BCUT2D eigenvalue weighted by molar-refractivity contribution is 7.14. The fourth-order valence-electron chi connectivity index (χ4n) is 2.57. The van der Waals surface area contributed by atoms with E-state index in [0.717, 1.165) is 17.7 Å². The average Bonchev–Trinajstić information content (AvgIpc) is 3.22. The Morgan fingerprint density at radius 3 is 2.50 bits per heavy atom. The lowest BCUT2D eigenvalue weighted by atomic mass is 10.1. The third-order valence-electron chi connectivity index (χ3n) is 4.01. The minimum atomic E-state index is -0.744. The van der Waals surface area contributed by atoms with E-state index in [4.69, 9.17) is 9.47 Å². The number of nitrogens with zero attached hydrogens (tertiary/aromatic N) is 2. The molecule has 0 aliphatic carbocycles. The molecule has 0 fully saturated rings. The SMILES string of the molecule is CCOC(=O)c1cc(C(=O)Nc2nc(-c3ccc(OC)cc3)cs2)cc([N+](=O)[O-])c1. The van der Waals surface area contributed by atoms with Gasteiger partial charge in [0.25, 0.3) is 11.6 Å². The van der Waals surface area contributed by atoms with Gasteiger partial charge >= 0.3 is 5.97 Å². The smallest absolute Gasteiger partial charge is 0.338 e. The lowest BCUT2D eigenvalue weighted by Crippen LogP contribution is -2.14. The van der Waals surface area contributed by atoms with Crippen molar-refractivity contribution in [2.24, 2.45) is 0 Å². The van der Waals surface area contributed by atoms with Gasteiger partial charge in [-0.3, -0.25) is 20.2 Å². The number of anilines is 1. The van der Waals surface area contributed by atoms with Gasteiger partial charge < -0.3 is 9.47 Å². The van der Waals surface area contributed by atoms with E-state index >= 15 is 0 Å². The molecule has 0 saturated heterocycles. The first-order valence-electron chi connectivity index (χ1n) is 8.79. The van der Waals surface area contributed by atoms with Gasteiger partial charge in [0.05, 0.1) is 29.9 Å². The number of nitro benzene ring substituents is 1. The highest BCUT2D eigenvalue weighted by Crippen LogP contribution is 2.27. The summed E-state index contributed by atoms with van der Waals surface area (Å²) in [7, 11) is 1.58. The van der Waals surface area contributed by atoms with E-state index in [-0.39, 0.29) is 23.4 Å². The van der Waals surface area contributed by atoms with Crippen LogP contribution in [0.25, 0.3) is 11.3 Å². The van der Waals surface area contributed by atoms with E-state index in [0.29, 0.717) is 16.6 Å². The third kappa shape index (κ3) is 4.78. The molecule has 0 atom stereocenters. The molecule has 3 rings (SSSR count). The van der Waals surface area contributed by atoms with E-state index in [2.05, 4.69) is 10.3 Å². The predicted octanol–water partition coefficient (Wildman–Crippen LogP) is 4.16. The minimum absolute atomic E-state index is 0.0477. The molecule has 0 aliphatic heterocycles. The number of amides is 1. The second-order valence-electron chi connectivity index (χ2n) is 5.97. The average molecular weight is 427 g/mol. The van der Waals surface area contributed by atoms with Crippen LogP contribution in [0, 0.1) is 10.1 Å². The van der Waals surface area contributed by atoms with Crippen molar-refractivity contribution in [1.82, 2.24) is 4.98 Å². The zero-order valence-electron chi connectivity index (χ0n) is 16.1. The second-order valence-corrected chi connectivity index (χ2v) is 6.82. The van der Waals surface area contributed by atoms with Crippen molar-refractivity contribution in [3.8, 4) is 17.0 Å². The number of esters is 1. The number of carbonyl (C=O) groups is 2. The number of nitro groups is 1. The number of aromatic nitrogens is 1. The van der Waals surface area contributed by atoms with E-state index < -0.39 is 16.8 Å². The van der Waals surface area contributed by atoms with Gasteiger partial charge in [0.15, 0.2) is 5.13 Å². The van der Waals surface area contributed by atoms with Crippen molar-refractivity contribution in [1.29, 1.82) is 0 Å². The Labute approximate surface area is 175 Å². The Hall–Kier alpha value is -3.79. The van der Waals surface area contributed by atoms with Gasteiger partial charge in [0.1, 0.15) is 5.75 Å². The molecule has 3 aromatic rings. The van der Waals surface area contributed by atoms with Crippen LogP contribution < -0.4 is 10.1 Å². The van der Waals surface area contributed by atoms with Crippen molar-refractivity contribution in [2.75, 3.05) is 19.0 Å². The second kappa shape index (κ2) is 9.14. The van der Waals surface area contributed by atoms with Gasteiger partial charge in [-0.15, -0.1) is 11.3 Å². The van der Waals surface area contributed by atoms with E-state index in [1.807, 2.05) is 12.1 Å². The first-order valence-corrected chi connectivity index (χ1v) is 9.67. The van der Waals surface area contributed by atoms with Crippen LogP contribution >= 0.6 is 11.3 Å². The molecule has 1 heterocycles. The van der Waals surface area contributed by atoms with Gasteiger partial charge in [-0.25, -0.2) is 9.78 Å².